The summed E-state index contributed by atoms with van der Waals surface area (Å²) in [6.45, 7) is 4.50. The number of nitrogens with one attached hydrogen (secondary N) is 2. The number of nitriles is 1. The van der Waals surface area contributed by atoms with Gasteiger partial charge < -0.3 is 15.5 Å². The first-order valence-electron chi connectivity index (χ1n) is 10.4. The summed E-state index contributed by atoms with van der Waals surface area (Å²) < 4.78 is 1.11. The Hall–Kier alpha value is -3.55. The summed E-state index contributed by atoms with van der Waals surface area (Å²) >= 11 is 2.99. The lowest BCUT2D eigenvalue weighted by atomic mass is 10.2. The molecule has 0 aliphatic carbocycles. The van der Waals surface area contributed by atoms with E-state index in [4.69, 9.17) is 5.26 Å². The van der Waals surface area contributed by atoms with Gasteiger partial charge in [-0.05, 0) is 32.0 Å². The summed E-state index contributed by atoms with van der Waals surface area (Å²) in [7, 11) is 1.68. The third-order valence-corrected chi connectivity index (χ3v) is 6.48. The lowest BCUT2D eigenvalue weighted by Gasteiger charge is -2.16. The number of benzene rings is 1. The number of rotatable bonds is 8. The van der Waals surface area contributed by atoms with Gasteiger partial charge in [-0.25, -0.2) is 15.0 Å². The summed E-state index contributed by atoms with van der Waals surface area (Å²) in [5.41, 5.74) is 5.82. The highest BCUT2D eigenvalue weighted by Crippen LogP contribution is 2.33. The zero-order valence-electron chi connectivity index (χ0n) is 18.5. The van der Waals surface area contributed by atoms with Crippen LogP contribution in [0.25, 0.3) is 20.8 Å². The molecule has 3 aromatic heterocycles. The fourth-order valence-electron chi connectivity index (χ4n) is 3.22. The van der Waals surface area contributed by atoms with Crippen LogP contribution in [0.2, 0.25) is 0 Å². The van der Waals surface area contributed by atoms with Gasteiger partial charge in [-0.3, -0.25) is 4.79 Å². The summed E-state index contributed by atoms with van der Waals surface area (Å²) in [5.74, 6) is 0.505. The Kier molecular flexibility index (Phi) is 6.82. The molecule has 0 saturated heterocycles. The molecular formula is C23H23N7OS2. The van der Waals surface area contributed by atoms with Gasteiger partial charge in [0.15, 0.2) is 0 Å². The number of nitrogens with zero attached hydrogens (tertiary/aromatic N) is 5. The summed E-state index contributed by atoms with van der Waals surface area (Å²) in [6, 6.07) is 10.2. The Bertz CT molecular complexity index is 1320. The Labute approximate surface area is 200 Å². The van der Waals surface area contributed by atoms with Crippen LogP contribution in [0.3, 0.4) is 0 Å². The molecule has 0 aliphatic heterocycles. The molecule has 33 heavy (non-hydrogen) atoms. The minimum absolute atomic E-state index is 0.198. The van der Waals surface area contributed by atoms with Gasteiger partial charge >= 0.3 is 0 Å². The normalized spacial score (nSPS) is 10.9. The highest BCUT2D eigenvalue weighted by Gasteiger charge is 2.18. The van der Waals surface area contributed by atoms with Gasteiger partial charge in [0.25, 0.3) is 5.91 Å². The summed E-state index contributed by atoms with van der Waals surface area (Å²) in [4.78, 5) is 27.6. The van der Waals surface area contributed by atoms with Crippen molar-refractivity contribution in [3.05, 3.63) is 47.0 Å². The number of aromatic nitrogens is 3. The summed E-state index contributed by atoms with van der Waals surface area (Å²) in [6.07, 6.45) is 2.06. The van der Waals surface area contributed by atoms with E-state index in [1.165, 1.54) is 16.2 Å². The van der Waals surface area contributed by atoms with Crippen molar-refractivity contribution in [1.29, 1.82) is 5.26 Å². The van der Waals surface area contributed by atoms with Crippen LogP contribution >= 0.6 is 22.7 Å². The van der Waals surface area contributed by atoms with Crippen LogP contribution in [-0.4, -0.2) is 45.4 Å². The predicted octanol–water partition coefficient (Wildman–Crippen LogP) is 5.36. The molecule has 0 bridgehead atoms. The number of anilines is 3. The van der Waals surface area contributed by atoms with Crippen molar-refractivity contribution in [3.8, 4) is 16.6 Å². The molecular weight excluding hydrogens is 454 g/mol. The maximum absolute atomic E-state index is 12.6. The van der Waals surface area contributed by atoms with E-state index in [2.05, 4.69) is 51.6 Å². The monoisotopic (exact) mass is 477 g/mol. The third kappa shape index (κ3) is 5.27. The van der Waals surface area contributed by atoms with Crippen molar-refractivity contribution >= 4 is 56.0 Å². The highest BCUT2D eigenvalue weighted by atomic mass is 32.1. The molecule has 0 aliphatic rings. The van der Waals surface area contributed by atoms with Gasteiger partial charge in [0, 0.05) is 48.7 Å². The van der Waals surface area contributed by atoms with E-state index in [0.717, 1.165) is 27.2 Å². The van der Waals surface area contributed by atoms with Crippen LogP contribution in [0.15, 0.2) is 41.4 Å². The maximum Gasteiger partial charge on any atom is 0.273 e. The second-order valence-corrected chi connectivity index (χ2v) is 9.49. The first kappa shape index (κ1) is 22.6. The molecule has 3 heterocycles. The van der Waals surface area contributed by atoms with Crippen molar-refractivity contribution in [2.75, 3.05) is 24.2 Å². The van der Waals surface area contributed by atoms with E-state index in [9.17, 15) is 4.79 Å². The number of thiazole rings is 2. The van der Waals surface area contributed by atoms with Crippen molar-refractivity contribution in [1.82, 2.24) is 19.9 Å². The van der Waals surface area contributed by atoms with E-state index in [-0.39, 0.29) is 18.4 Å². The van der Waals surface area contributed by atoms with Crippen molar-refractivity contribution in [2.24, 2.45) is 0 Å². The van der Waals surface area contributed by atoms with Crippen molar-refractivity contribution in [3.63, 3.8) is 0 Å². The number of fused-ring (bicyclic) bond motifs is 1. The lowest BCUT2D eigenvalue weighted by Crippen LogP contribution is -2.27. The maximum atomic E-state index is 12.6. The largest absolute Gasteiger partial charge is 0.382 e. The Morgan fingerprint density at radius 3 is 2.88 bits per heavy atom. The zero-order chi connectivity index (χ0) is 23.4. The molecule has 1 amide bonds. The fraction of sp³-hybridized carbons (Fsp3) is 0.261. The smallest absolute Gasteiger partial charge is 0.273 e. The van der Waals surface area contributed by atoms with Gasteiger partial charge in [-0.2, -0.15) is 5.26 Å². The molecule has 0 radical (unpaired) electrons. The van der Waals surface area contributed by atoms with E-state index in [1.54, 1.807) is 30.0 Å². The molecule has 0 saturated carbocycles. The number of carbonyl (C=O) groups excluding carboxylic acids is 1. The van der Waals surface area contributed by atoms with Crippen LogP contribution in [0.4, 0.5) is 17.2 Å². The highest BCUT2D eigenvalue weighted by molar-refractivity contribution is 7.16. The second kappa shape index (κ2) is 9.94. The van der Waals surface area contributed by atoms with Gasteiger partial charge in [0.2, 0.25) is 0 Å². The Morgan fingerprint density at radius 1 is 1.24 bits per heavy atom. The third-order valence-electron chi connectivity index (χ3n) is 4.81. The minimum atomic E-state index is -0.198. The van der Waals surface area contributed by atoms with Crippen LogP contribution in [-0.2, 0) is 0 Å². The number of hydrogen-bond acceptors (Lipinski definition) is 9. The quantitative estimate of drug-likeness (QED) is 0.351. The van der Waals surface area contributed by atoms with Crippen molar-refractivity contribution < 1.29 is 4.79 Å². The van der Waals surface area contributed by atoms with E-state index in [1.807, 2.05) is 23.7 Å². The van der Waals surface area contributed by atoms with Gasteiger partial charge in [0.1, 0.15) is 16.5 Å². The molecule has 10 heteroatoms. The molecule has 0 spiro atoms. The Morgan fingerprint density at radius 2 is 2.09 bits per heavy atom. The molecule has 0 unspecified atom stereocenters. The lowest BCUT2D eigenvalue weighted by molar-refractivity contribution is 0.0793. The SMILES string of the molecule is CC(C)Nc1cc(Nc2ccc3ncsc3c2)ncc1-c1nc(C(=O)N(C)CCC#N)cs1. The van der Waals surface area contributed by atoms with Gasteiger partial charge in [-0.1, -0.05) is 0 Å². The number of amides is 1. The van der Waals surface area contributed by atoms with E-state index >= 15 is 0 Å². The van der Waals surface area contributed by atoms with E-state index < -0.39 is 0 Å². The van der Waals surface area contributed by atoms with Gasteiger partial charge in [-0.15, -0.1) is 22.7 Å². The van der Waals surface area contributed by atoms with E-state index in [0.29, 0.717) is 23.1 Å². The standard InChI is InChI=1S/C23H23N7OS2/c1-14(2)27-18-10-21(28-15-5-6-17-20(9-15)33-13-26-17)25-11-16(18)22-29-19(12-32-22)23(31)30(3)8-4-7-24/h5-6,9-14H,4,8H2,1-3H3,(H2,25,27,28). The molecule has 1 aromatic carbocycles. The molecule has 0 atom stereocenters. The molecule has 168 valence electrons. The minimum Gasteiger partial charge on any atom is -0.382 e. The number of hydrogen-bond donors (Lipinski definition) is 2. The number of pyridine rings is 1. The topological polar surface area (TPSA) is 107 Å². The van der Waals surface area contributed by atoms with Crippen molar-refractivity contribution in [2.45, 2.75) is 26.3 Å². The fourth-order valence-corrected chi connectivity index (χ4v) is 4.75. The summed E-state index contributed by atoms with van der Waals surface area (Å²) in [5, 5.41) is 18.0. The Balaban J connectivity index is 1.60. The second-order valence-electron chi connectivity index (χ2n) is 7.75. The van der Waals surface area contributed by atoms with Crippen LogP contribution in [0, 0.1) is 11.3 Å². The molecule has 0 fully saturated rings. The average Bonchev–Trinajstić information content (AvgIpc) is 3.46. The predicted molar refractivity (Wildman–Crippen MR) is 134 cm³/mol. The molecule has 8 nitrogen and oxygen atoms in total. The van der Waals surface area contributed by atoms with Crippen LogP contribution in [0.5, 0.6) is 0 Å². The van der Waals surface area contributed by atoms with Crippen LogP contribution in [0.1, 0.15) is 30.8 Å². The number of carbonyl (C=O) groups is 1. The van der Waals surface area contributed by atoms with Crippen LogP contribution < -0.4 is 10.6 Å². The first-order valence-corrected chi connectivity index (χ1v) is 12.2. The molecule has 2 N–H and O–H groups in total. The molecule has 4 aromatic rings. The average molecular weight is 478 g/mol. The molecule has 4 rings (SSSR count). The first-order chi connectivity index (χ1) is 15.9. The zero-order valence-corrected chi connectivity index (χ0v) is 20.1. The van der Waals surface area contributed by atoms with Gasteiger partial charge in [0.05, 0.1) is 33.8 Å².